The Balaban J connectivity index is 1.84. The molecule has 1 aromatic carbocycles. The number of hydrogen-bond acceptors (Lipinski definition) is 4. The molecule has 1 fully saturated rings. The van der Waals surface area contributed by atoms with Crippen LogP contribution >= 0.6 is 0 Å². The zero-order chi connectivity index (χ0) is 13.0. The van der Waals surface area contributed by atoms with E-state index in [0.717, 1.165) is 5.56 Å². The number of rotatable bonds is 3. The Hall–Kier alpha value is -2.17. The minimum Gasteiger partial charge on any atom is -0.391 e. The van der Waals surface area contributed by atoms with Gasteiger partial charge in [-0.2, -0.15) is 0 Å². The van der Waals surface area contributed by atoms with E-state index in [2.05, 4.69) is 5.32 Å². The standard InChI is InChI=1S/C13H13NO4/c15-11-7-6-10(14-11)13(17)18-12(16)8-9-4-2-1-3-5-9/h1-5,10H,6-8H2,(H,14,15). The van der Waals surface area contributed by atoms with Crippen molar-refractivity contribution in [2.75, 3.05) is 0 Å². The van der Waals surface area contributed by atoms with Gasteiger partial charge in [0, 0.05) is 6.42 Å². The molecule has 94 valence electrons. The maximum absolute atomic E-state index is 11.5. The number of ether oxygens (including phenoxy) is 1. The van der Waals surface area contributed by atoms with Gasteiger partial charge in [0.25, 0.3) is 0 Å². The molecule has 1 N–H and O–H groups in total. The summed E-state index contributed by atoms with van der Waals surface area (Å²) in [6.07, 6.45) is 0.732. The monoisotopic (exact) mass is 247 g/mol. The second-order valence-electron chi connectivity index (χ2n) is 4.11. The number of carbonyl (C=O) groups is 3. The van der Waals surface area contributed by atoms with Gasteiger partial charge in [-0.05, 0) is 12.0 Å². The summed E-state index contributed by atoms with van der Waals surface area (Å²) in [5.41, 5.74) is 0.783. The van der Waals surface area contributed by atoms with E-state index in [-0.39, 0.29) is 12.3 Å². The van der Waals surface area contributed by atoms with Crippen LogP contribution in [0.1, 0.15) is 18.4 Å². The van der Waals surface area contributed by atoms with Gasteiger partial charge in [0.05, 0.1) is 6.42 Å². The molecule has 0 radical (unpaired) electrons. The molecule has 2 rings (SSSR count). The third-order valence-corrected chi connectivity index (χ3v) is 2.69. The van der Waals surface area contributed by atoms with E-state index < -0.39 is 18.0 Å². The van der Waals surface area contributed by atoms with Gasteiger partial charge in [-0.15, -0.1) is 0 Å². The number of hydrogen-bond donors (Lipinski definition) is 1. The zero-order valence-corrected chi connectivity index (χ0v) is 9.72. The highest BCUT2D eigenvalue weighted by Crippen LogP contribution is 2.09. The Morgan fingerprint density at radius 3 is 2.61 bits per heavy atom. The first-order valence-electron chi connectivity index (χ1n) is 5.73. The molecule has 1 aliphatic heterocycles. The predicted octanol–water partition coefficient (Wildman–Crippen LogP) is 0.577. The molecule has 1 amide bonds. The summed E-state index contributed by atoms with van der Waals surface area (Å²) in [4.78, 5) is 34.0. The first-order valence-corrected chi connectivity index (χ1v) is 5.73. The Kier molecular flexibility index (Phi) is 3.72. The number of nitrogens with one attached hydrogen (secondary N) is 1. The van der Waals surface area contributed by atoms with E-state index in [1.807, 2.05) is 18.2 Å². The molecule has 1 saturated heterocycles. The third kappa shape index (κ3) is 3.16. The van der Waals surface area contributed by atoms with Crippen molar-refractivity contribution in [1.29, 1.82) is 0 Å². The molecule has 1 aliphatic rings. The summed E-state index contributed by atoms with van der Waals surface area (Å²) in [6.45, 7) is 0. The molecular weight excluding hydrogens is 234 g/mol. The summed E-state index contributed by atoms with van der Waals surface area (Å²) in [5.74, 6) is -1.47. The normalized spacial score (nSPS) is 18.2. The van der Waals surface area contributed by atoms with Crippen LogP contribution in [0.3, 0.4) is 0 Å². The van der Waals surface area contributed by atoms with E-state index in [0.29, 0.717) is 12.8 Å². The van der Waals surface area contributed by atoms with Crippen molar-refractivity contribution in [3.05, 3.63) is 35.9 Å². The summed E-state index contributed by atoms with van der Waals surface area (Å²) < 4.78 is 4.69. The van der Waals surface area contributed by atoms with Gasteiger partial charge in [-0.25, -0.2) is 4.79 Å². The van der Waals surface area contributed by atoms with Gasteiger partial charge < -0.3 is 10.1 Å². The van der Waals surface area contributed by atoms with Crippen LogP contribution in [0.2, 0.25) is 0 Å². The average molecular weight is 247 g/mol. The number of benzene rings is 1. The molecule has 1 aromatic rings. The lowest BCUT2D eigenvalue weighted by Crippen LogP contribution is -2.36. The third-order valence-electron chi connectivity index (χ3n) is 2.69. The van der Waals surface area contributed by atoms with Crippen LogP contribution in [0.15, 0.2) is 30.3 Å². The minimum atomic E-state index is -0.683. The van der Waals surface area contributed by atoms with Gasteiger partial charge in [0.15, 0.2) is 0 Å². The van der Waals surface area contributed by atoms with E-state index in [1.165, 1.54) is 0 Å². The maximum Gasteiger partial charge on any atom is 0.336 e. The molecule has 0 aliphatic carbocycles. The summed E-state index contributed by atoms with van der Waals surface area (Å²) >= 11 is 0. The molecular formula is C13H13NO4. The largest absolute Gasteiger partial charge is 0.391 e. The van der Waals surface area contributed by atoms with E-state index in [4.69, 9.17) is 4.74 Å². The number of esters is 2. The number of carbonyl (C=O) groups excluding carboxylic acids is 3. The summed E-state index contributed by atoms with van der Waals surface area (Å²) in [6, 6.07) is 8.33. The van der Waals surface area contributed by atoms with Gasteiger partial charge in [0.1, 0.15) is 6.04 Å². The molecule has 1 atom stereocenters. The van der Waals surface area contributed by atoms with Crippen molar-refractivity contribution < 1.29 is 19.1 Å². The van der Waals surface area contributed by atoms with Gasteiger partial charge in [-0.3, -0.25) is 9.59 Å². The van der Waals surface area contributed by atoms with Crippen LogP contribution in [0.25, 0.3) is 0 Å². The Bertz CT molecular complexity index is 469. The van der Waals surface area contributed by atoms with Crippen molar-refractivity contribution in [2.24, 2.45) is 0 Å². The summed E-state index contributed by atoms with van der Waals surface area (Å²) in [7, 11) is 0. The van der Waals surface area contributed by atoms with Crippen LogP contribution in [0.4, 0.5) is 0 Å². The SMILES string of the molecule is O=C1CCC(C(=O)OC(=O)Cc2ccccc2)N1. The lowest BCUT2D eigenvalue weighted by molar-refractivity contribution is -0.160. The molecule has 1 unspecified atom stereocenters. The highest BCUT2D eigenvalue weighted by atomic mass is 16.6. The van der Waals surface area contributed by atoms with Crippen molar-refractivity contribution in [3.8, 4) is 0 Å². The zero-order valence-electron chi connectivity index (χ0n) is 9.72. The smallest absolute Gasteiger partial charge is 0.336 e. The second kappa shape index (κ2) is 5.44. The molecule has 18 heavy (non-hydrogen) atoms. The van der Waals surface area contributed by atoms with E-state index >= 15 is 0 Å². The van der Waals surface area contributed by atoms with Crippen LogP contribution in [0.5, 0.6) is 0 Å². The fourth-order valence-electron chi connectivity index (χ4n) is 1.77. The quantitative estimate of drug-likeness (QED) is 0.626. The predicted molar refractivity (Wildman–Crippen MR) is 62.4 cm³/mol. The van der Waals surface area contributed by atoms with Crippen molar-refractivity contribution in [2.45, 2.75) is 25.3 Å². The first kappa shape index (κ1) is 12.3. The maximum atomic E-state index is 11.5. The van der Waals surface area contributed by atoms with Crippen LogP contribution in [-0.2, 0) is 25.5 Å². The number of amides is 1. The molecule has 0 saturated carbocycles. The topological polar surface area (TPSA) is 72.5 Å². The Morgan fingerprint density at radius 1 is 1.28 bits per heavy atom. The van der Waals surface area contributed by atoms with Gasteiger partial charge in [-0.1, -0.05) is 30.3 Å². The van der Waals surface area contributed by atoms with E-state index in [1.54, 1.807) is 12.1 Å². The lowest BCUT2D eigenvalue weighted by Gasteiger charge is -2.08. The van der Waals surface area contributed by atoms with Crippen molar-refractivity contribution in [3.63, 3.8) is 0 Å². The molecule has 1 heterocycles. The molecule has 5 heteroatoms. The van der Waals surface area contributed by atoms with E-state index in [9.17, 15) is 14.4 Å². The van der Waals surface area contributed by atoms with Gasteiger partial charge in [0.2, 0.25) is 5.91 Å². The first-order chi connectivity index (χ1) is 8.65. The van der Waals surface area contributed by atoms with Crippen molar-refractivity contribution >= 4 is 17.8 Å². The summed E-state index contributed by atoms with van der Waals surface area (Å²) in [5, 5.41) is 2.46. The highest BCUT2D eigenvalue weighted by molar-refractivity contribution is 5.93. The van der Waals surface area contributed by atoms with Crippen LogP contribution in [0, 0.1) is 0 Å². The average Bonchev–Trinajstić information content (AvgIpc) is 2.77. The highest BCUT2D eigenvalue weighted by Gasteiger charge is 2.29. The minimum absolute atomic E-state index is 0.0489. The molecule has 0 aromatic heterocycles. The van der Waals surface area contributed by atoms with Crippen molar-refractivity contribution in [1.82, 2.24) is 5.32 Å². The Labute approximate surface area is 104 Å². The van der Waals surface area contributed by atoms with Crippen LogP contribution in [-0.4, -0.2) is 23.9 Å². The van der Waals surface area contributed by atoms with Crippen LogP contribution < -0.4 is 5.32 Å². The fourth-order valence-corrected chi connectivity index (χ4v) is 1.77. The Morgan fingerprint density at radius 2 is 2.00 bits per heavy atom. The molecule has 5 nitrogen and oxygen atoms in total. The lowest BCUT2D eigenvalue weighted by atomic mass is 10.1. The van der Waals surface area contributed by atoms with Gasteiger partial charge >= 0.3 is 11.9 Å². The molecule has 0 spiro atoms. The fraction of sp³-hybridized carbons (Fsp3) is 0.308. The molecule has 0 bridgehead atoms. The second-order valence-corrected chi connectivity index (χ2v) is 4.11.